The third-order valence-electron chi connectivity index (χ3n) is 2.91. The van der Waals surface area contributed by atoms with E-state index in [0.717, 1.165) is 12.5 Å². The zero-order valence-corrected chi connectivity index (χ0v) is 10.1. The lowest BCUT2D eigenvalue weighted by atomic mass is 10.1. The molecule has 1 unspecified atom stereocenters. The van der Waals surface area contributed by atoms with Gasteiger partial charge in [-0.1, -0.05) is 0 Å². The van der Waals surface area contributed by atoms with Crippen molar-refractivity contribution >= 4 is 11.7 Å². The van der Waals surface area contributed by atoms with Crippen LogP contribution in [0.2, 0.25) is 0 Å². The van der Waals surface area contributed by atoms with Gasteiger partial charge < -0.3 is 14.6 Å². The van der Waals surface area contributed by atoms with E-state index in [2.05, 4.69) is 0 Å². The highest BCUT2D eigenvalue weighted by Crippen LogP contribution is 2.25. The van der Waals surface area contributed by atoms with Crippen molar-refractivity contribution in [3.63, 3.8) is 0 Å². The number of rotatable bonds is 5. The number of nitro benzene ring substituents is 1. The van der Waals surface area contributed by atoms with E-state index in [1.165, 1.54) is 12.1 Å². The van der Waals surface area contributed by atoms with E-state index >= 15 is 0 Å². The minimum Gasteiger partial charge on any atom is -0.493 e. The van der Waals surface area contributed by atoms with Crippen LogP contribution in [0.15, 0.2) is 18.2 Å². The van der Waals surface area contributed by atoms with Gasteiger partial charge in [-0.05, 0) is 18.6 Å². The molecule has 1 N–H and O–H groups in total. The predicted octanol–water partition coefficient (Wildman–Crippen LogP) is 1.71. The van der Waals surface area contributed by atoms with Gasteiger partial charge in [-0.3, -0.25) is 10.1 Å². The topological polar surface area (TPSA) is 98.9 Å². The first-order valence-corrected chi connectivity index (χ1v) is 5.80. The van der Waals surface area contributed by atoms with E-state index in [4.69, 9.17) is 14.6 Å². The van der Waals surface area contributed by atoms with Gasteiger partial charge in [-0.15, -0.1) is 0 Å². The average Bonchev–Trinajstić information content (AvgIpc) is 2.88. The predicted molar refractivity (Wildman–Crippen MR) is 64.5 cm³/mol. The third kappa shape index (κ3) is 3.19. The second-order valence-electron chi connectivity index (χ2n) is 4.28. The minimum absolute atomic E-state index is 0.276. The molecule has 0 amide bonds. The molecular weight excluding hydrogens is 254 g/mol. The molecule has 1 aromatic carbocycles. The Balaban J connectivity index is 2.11. The molecule has 0 spiro atoms. The molecule has 1 aliphatic rings. The highest BCUT2D eigenvalue weighted by atomic mass is 16.6. The summed E-state index contributed by atoms with van der Waals surface area (Å²) in [6.07, 6.45) is 0.898. The van der Waals surface area contributed by atoms with Crippen molar-refractivity contribution in [1.82, 2.24) is 0 Å². The summed E-state index contributed by atoms with van der Waals surface area (Å²) in [4.78, 5) is 20.9. The molecule has 1 saturated heterocycles. The van der Waals surface area contributed by atoms with Gasteiger partial charge in [0.2, 0.25) is 0 Å². The summed E-state index contributed by atoms with van der Waals surface area (Å²) in [6, 6.07) is 3.74. The van der Waals surface area contributed by atoms with Crippen LogP contribution in [0.1, 0.15) is 16.8 Å². The van der Waals surface area contributed by atoms with Gasteiger partial charge in [-0.2, -0.15) is 0 Å². The van der Waals surface area contributed by atoms with Gasteiger partial charge >= 0.3 is 5.97 Å². The van der Waals surface area contributed by atoms with Crippen molar-refractivity contribution in [3.05, 3.63) is 33.9 Å². The van der Waals surface area contributed by atoms with Gasteiger partial charge in [0, 0.05) is 12.5 Å². The van der Waals surface area contributed by atoms with Gasteiger partial charge in [-0.25, -0.2) is 4.79 Å². The monoisotopic (exact) mass is 267 g/mol. The molecule has 7 nitrogen and oxygen atoms in total. The molecule has 1 heterocycles. The number of hydrogen-bond acceptors (Lipinski definition) is 5. The fourth-order valence-electron chi connectivity index (χ4n) is 1.86. The quantitative estimate of drug-likeness (QED) is 0.644. The molecule has 1 atom stereocenters. The molecule has 1 fully saturated rings. The first-order valence-electron chi connectivity index (χ1n) is 5.80. The average molecular weight is 267 g/mol. The number of nitro groups is 1. The summed E-state index contributed by atoms with van der Waals surface area (Å²) in [5.41, 5.74) is -0.811. The van der Waals surface area contributed by atoms with Crippen molar-refractivity contribution in [2.45, 2.75) is 6.42 Å². The Morgan fingerprint density at radius 1 is 1.58 bits per heavy atom. The van der Waals surface area contributed by atoms with Crippen molar-refractivity contribution in [3.8, 4) is 5.75 Å². The number of carboxylic acids is 1. The Bertz CT molecular complexity index is 495. The van der Waals surface area contributed by atoms with Crippen LogP contribution in [0.4, 0.5) is 5.69 Å². The van der Waals surface area contributed by atoms with E-state index in [1.807, 2.05) is 0 Å². The molecule has 0 bridgehead atoms. The minimum atomic E-state index is -1.33. The highest BCUT2D eigenvalue weighted by Gasteiger charge is 2.21. The molecule has 1 aliphatic heterocycles. The number of aromatic carboxylic acids is 1. The van der Waals surface area contributed by atoms with Gasteiger partial charge in [0.25, 0.3) is 5.69 Å². The van der Waals surface area contributed by atoms with Crippen LogP contribution in [-0.4, -0.2) is 35.8 Å². The van der Waals surface area contributed by atoms with Gasteiger partial charge in [0.1, 0.15) is 11.3 Å². The number of nitrogens with zero attached hydrogens (tertiary/aromatic N) is 1. The van der Waals surface area contributed by atoms with Gasteiger partial charge in [0.15, 0.2) is 0 Å². The van der Waals surface area contributed by atoms with E-state index in [-0.39, 0.29) is 11.5 Å². The molecular formula is C12H13NO6. The molecule has 2 rings (SSSR count). The van der Waals surface area contributed by atoms with Crippen LogP contribution < -0.4 is 4.74 Å². The fraction of sp³-hybridized carbons (Fsp3) is 0.417. The van der Waals surface area contributed by atoms with E-state index in [0.29, 0.717) is 25.6 Å². The first-order chi connectivity index (χ1) is 9.08. The van der Waals surface area contributed by atoms with Crippen LogP contribution in [-0.2, 0) is 4.74 Å². The smallest absolute Gasteiger partial charge is 0.342 e. The lowest BCUT2D eigenvalue weighted by molar-refractivity contribution is -0.385. The summed E-state index contributed by atoms with van der Waals surface area (Å²) in [5, 5.41) is 19.7. The van der Waals surface area contributed by atoms with Crippen LogP contribution in [0.5, 0.6) is 5.75 Å². The number of carbonyl (C=O) groups is 1. The summed E-state index contributed by atoms with van der Waals surface area (Å²) in [7, 11) is 0. The molecule has 102 valence electrons. The van der Waals surface area contributed by atoms with Crippen molar-refractivity contribution in [1.29, 1.82) is 0 Å². The van der Waals surface area contributed by atoms with Crippen LogP contribution >= 0.6 is 0 Å². The summed E-state index contributed by atoms with van der Waals surface area (Å²) in [5.74, 6) is -0.760. The summed E-state index contributed by atoms with van der Waals surface area (Å²) >= 11 is 0. The SMILES string of the molecule is O=C(O)c1ccc(OCC2CCOC2)cc1[N+](=O)[O-]. The molecule has 7 heteroatoms. The second kappa shape index (κ2) is 5.66. The molecule has 19 heavy (non-hydrogen) atoms. The van der Waals surface area contributed by atoms with E-state index < -0.39 is 16.6 Å². The first kappa shape index (κ1) is 13.3. The Hall–Kier alpha value is -2.15. The van der Waals surface area contributed by atoms with Crippen molar-refractivity contribution in [2.75, 3.05) is 19.8 Å². The number of ether oxygens (including phenoxy) is 2. The lowest BCUT2D eigenvalue weighted by Crippen LogP contribution is -2.12. The van der Waals surface area contributed by atoms with Gasteiger partial charge in [0.05, 0.1) is 24.2 Å². The van der Waals surface area contributed by atoms with Crippen molar-refractivity contribution < 1.29 is 24.3 Å². The number of benzene rings is 1. The maximum absolute atomic E-state index is 10.8. The normalized spacial score (nSPS) is 18.2. The molecule has 0 saturated carbocycles. The maximum Gasteiger partial charge on any atom is 0.342 e. The standard InChI is InChI=1S/C12H13NO6/c14-12(15)10-2-1-9(5-11(10)13(16)17)19-7-8-3-4-18-6-8/h1-2,5,8H,3-4,6-7H2,(H,14,15). The van der Waals surface area contributed by atoms with Crippen molar-refractivity contribution in [2.24, 2.45) is 5.92 Å². The molecule has 1 aromatic rings. The summed E-state index contributed by atoms with van der Waals surface area (Å²) < 4.78 is 10.6. The fourth-order valence-corrected chi connectivity index (χ4v) is 1.86. The third-order valence-corrected chi connectivity index (χ3v) is 2.91. The Morgan fingerprint density at radius 3 is 2.95 bits per heavy atom. The van der Waals surface area contributed by atoms with E-state index in [1.54, 1.807) is 0 Å². The Kier molecular flexibility index (Phi) is 3.96. The zero-order valence-electron chi connectivity index (χ0n) is 10.1. The Morgan fingerprint density at radius 2 is 2.37 bits per heavy atom. The maximum atomic E-state index is 10.8. The second-order valence-corrected chi connectivity index (χ2v) is 4.28. The van der Waals surface area contributed by atoms with Crippen LogP contribution in [0.3, 0.4) is 0 Å². The highest BCUT2D eigenvalue weighted by molar-refractivity contribution is 5.92. The molecule has 0 aliphatic carbocycles. The van der Waals surface area contributed by atoms with Crippen LogP contribution in [0.25, 0.3) is 0 Å². The zero-order chi connectivity index (χ0) is 13.8. The summed E-state index contributed by atoms with van der Waals surface area (Å²) in [6.45, 7) is 1.73. The Labute approximate surface area is 108 Å². The lowest BCUT2D eigenvalue weighted by Gasteiger charge is -2.10. The van der Waals surface area contributed by atoms with E-state index in [9.17, 15) is 14.9 Å². The number of carboxylic acid groups (broad SMARTS) is 1. The molecule has 0 aromatic heterocycles. The largest absolute Gasteiger partial charge is 0.493 e. The molecule has 0 radical (unpaired) electrons. The number of hydrogen-bond donors (Lipinski definition) is 1. The van der Waals surface area contributed by atoms with Crippen LogP contribution in [0, 0.1) is 16.0 Å².